The molecule has 0 radical (unpaired) electrons. The predicted molar refractivity (Wildman–Crippen MR) is 88.6 cm³/mol. The highest BCUT2D eigenvalue weighted by Gasteiger charge is 2.26. The average Bonchev–Trinajstić information content (AvgIpc) is 2.40. The summed E-state index contributed by atoms with van der Waals surface area (Å²) in [6.45, 7) is 2.83. The maximum Gasteiger partial charge on any atom is 0.241 e. The minimum Gasteiger partial charge on any atom is -0.316 e. The summed E-state index contributed by atoms with van der Waals surface area (Å²) in [6, 6.07) is 5.50. The molecular formula is C15H23BrN2O2S. The van der Waals surface area contributed by atoms with Gasteiger partial charge in [0.2, 0.25) is 10.0 Å². The molecule has 0 aromatic heterocycles. The van der Waals surface area contributed by atoms with Crippen LogP contribution in [0.2, 0.25) is 0 Å². The lowest BCUT2D eigenvalue weighted by Crippen LogP contribution is -2.38. The third-order valence-electron chi connectivity index (χ3n) is 3.92. The van der Waals surface area contributed by atoms with Crippen molar-refractivity contribution in [1.82, 2.24) is 10.0 Å². The molecule has 1 aromatic carbocycles. The van der Waals surface area contributed by atoms with Gasteiger partial charge in [-0.15, -0.1) is 0 Å². The maximum absolute atomic E-state index is 12.6. The van der Waals surface area contributed by atoms with Crippen LogP contribution in [-0.4, -0.2) is 21.5 Å². The van der Waals surface area contributed by atoms with Gasteiger partial charge in [0, 0.05) is 17.1 Å². The van der Waals surface area contributed by atoms with Gasteiger partial charge < -0.3 is 5.32 Å². The monoisotopic (exact) mass is 374 g/mol. The summed E-state index contributed by atoms with van der Waals surface area (Å²) >= 11 is 3.35. The van der Waals surface area contributed by atoms with Crippen LogP contribution in [-0.2, 0) is 16.6 Å². The second kappa shape index (κ2) is 7.22. The Kier molecular flexibility index (Phi) is 5.82. The van der Waals surface area contributed by atoms with Crippen molar-refractivity contribution < 1.29 is 8.42 Å². The van der Waals surface area contributed by atoms with E-state index in [2.05, 4.69) is 32.9 Å². The van der Waals surface area contributed by atoms with Gasteiger partial charge in [0.15, 0.2) is 0 Å². The molecule has 1 aliphatic carbocycles. The SMILES string of the molecule is CNCc1ccc(Br)c(S(=O)(=O)NC2CCCC(C)C2)c1. The number of hydrogen-bond acceptors (Lipinski definition) is 3. The zero-order chi connectivity index (χ0) is 15.5. The first-order valence-corrected chi connectivity index (χ1v) is 9.65. The van der Waals surface area contributed by atoms with Crippen molar-refractivity contribution >= 4 is 26.0 Å². The summed E-state index contributed by atoms with van der Waals surface area (Å²) in [5.74, 6) is 0.588. The van der Waals surface area contributed by atoms with Crippen LogP contribution >= 0.6 is 15.9 Å². The molecule has 21 heavy (non-hydrogen) atoms. The van der Waals surface area contributed by atoms with E-state index in [4.69, 9.17) is 0 Å². The molecule has 4 nitrogen and oxygen atoms in total. The molecule has 118 valence electrons. The maximum atomic E-state index is 12.6. The Hall–Kier alpha value is -0.430. The van der Waals surface area contributed by atoms with Crippen LogP contribution in [0.4, 0.5) is 0 Å². The second-order valence-electron chi connectivity index (χ2n) is 5.89. The molecule has 0 amide bonds. The minimum atomic E-state index is -3.48. The first kappa shape index (κ1) is 16.9. The summed E-state index contributed by atoms with van der Waals surface area (Å²) < 4.78 is 28.7. The number of halogens is 1. The van der Waals surface area contributed by atoms with Gasteiger partial charge in [0.1, 0.15) is 0 Å². The summed E-state index contributed by atoms with van der Waals surface area (Å²) in [4.78, 5) is 0.327. The fourth-order valence-electron chi connectivity index (χ4n) is 2.89. The standard InChI is InChI=1S/C15H23BrN2O2S/c1-11-4-3-5-13(8-11)18-21(19,20)15-9-12(10-17-2)6-7-14(15)16/h6-7,9,11,13,17-18H,3-5,8,10H2,1-2H3. The van der Waals surface area contributed by atoms with E-state index in [0.29, 0.717) is 21.8 Å². The smallest absolute Gasteiger partial charge is 0.241 e. The lowest BCUT2D eigenvalue weighted by molar-refractivity contribution is 0.327. The molecule has 0 saturated heterocycles. The van der Waals surface area contributed by atoms with Gasteiger partial charge in [-0.1, -0.05) is 25.8 Å². The minimum absolute atomic E-state index is 0.0543. The molecule has 0 bridgehead atoms. The summed E-state index contributed by atoms with van der Waals surface area (Å²) in [5, 5.41) is 3.04. The first-order valence-electron chi connectivity index (χ1n) is 7.37. The number of rotatable bonds is 5. The molecule has 1 saturated carbocycles. The third kappa shape index (κ3) is 4.52. The van der Waals surface area contributed by atoms with Crippen molar-refractivity contribution in [2.45, 2.75) is 50.1 Å². The van der Waals surface area contributed by atoms with Crippen molar-refractivity contribution in [2.24, 2.45) is 5.92 Å². The van der Waals surface area contributed by atoms with E-state index in [1.165, 1.54) is 6.42 Å². The summed E-state index contributed by atoms with van der Waals surface area (Å²) in [6.07, 6.45) is 4.14. The van der Waals surface area contributed by atoms with Crippen molar-refractivity contribution in [3.63, 3.8) is 0 Å². The van der Waals surface area contributed by atoms with Gasteiger partial charge >= 0.3 is 0 Å². The van der Waals surface area contributed by atoms with E-state index in [0.717, 1.165) is 24.8 Å². The van der Waals surface area contributed by atoms with Gasteiger partial charge in [0.05, 0.1) is 4.90 Å². The third-order valence-corrected chi connectivity index (χ3v) is 6.44. The van der Waals surface area contributed by atoms with Crippen LogP contribution in [0.3, 0.4) is 0 Å². The van der Waals surface area contributed by atoms with E-state index in [1.54, 1.807) is 12.1 Å². The Morgan fingerprint density at radius 3 is 2.76 bits per heavy atom. The fourth-order valence-corrected chi connectivity index (χ4v) is 5.19. The van der Waals surface area contributed by atoms with Crippen molar-refractivity contribution in [1.29, 1.82) is 0 Å². The predicted octanol–water partition coefficient (Wildman–Crippen LogP) is 3.03. The van der Waals surface area contributed by atoms with Crippen molar-refractivity contribution in [2.75, 3.05) is 7.05 Å². The van der Waals surface area contributed by atoms with Gasteiger partial charge in [-0.3, -0.25) is 0 Å². The second-order valence-corrected chi connectivity index (χ2v) is 8.42. The van der Waals surface area contributed by atoms with E-state index in [9.17, 15) is 8.42 Å². The molecule has 0 spiro atoms. The summed E-state index contributed by atoms with van der Waals surface area (Å²) in [5.41, 5.74) is 0.957. The van der Waals surface area contributed by atoms with Gasteiger partial charge in [0.25, 0.3) is 0 Å². The lowest BCUT2D eigenvalue weighted by atomic mass is 9.88. The lowest BCUT2D eigenvalue weighted by Gasteiger charge is -2.27. The van der Waals surface area contributed by atoms with Crippen LogP contribution < -0.4 is 10.0 Å². The molecular weight excluding hydrogens is 352 g/mol. The van der Waals surface area contributed by atoms with Crippen LogP contribution in [0, 0.1) is 5.92 Å². The molecule has 0 heterocycles. The first-order chi connectivity index (χ1) is 9.92. The van der Waals surface area contributed by atoms with Gasteiger partial charge in [-0.05, 0) is 59.4 Å². The Labute approximate surface area is 135 Å². The van der Waals surface area contributed by atoms with Crippen LogP contribution in [0.25, 0.3) is 0 Å². The molecule has 2 atom stereocenters. The highest BCUT2D eigenvalue weighted by Crippen LogP contribution is 2.27. The number of benzene rings is 1. The Morgan fingerprint density at radius 2 is 2.10 bits per heavy atom. The van der Waals surface area contributed by atoms with Crippen LogP contribution in [0.1, 0.15) is 38.2 Å². The van der Waals surface area contributed by atoms with Gasteiger partial charge in [-0.25, -0.2) is 13.1 Å². The topological polar surface area (TPSA) is 58.2 Å². The highest BCUT2D eigenvalue weighted by atomic mass is 79.9. The molecule has 0 aliphatic heterocycles. The zero-order valence-corrected chi connectivity index (χ0v) is 14.9. The van der Waals surface area contributed by atoms with E-state index < -0.39 is 10.0 Å². The molecule has 2 rings (SSSR count). The zero-order valence-electron chi connectivity index (χ0n) is 12.5. The molecule has 1 aliphatic rings. The van der Waals surface area contributed by atoms with E-state index >= 15 is 0 Å². The average molecular weight is 375 g/mol. The summed E-state index contributed by atoms with van der Waals surface area (Å²) in [7, 11) is -1.63. The molecule has 2 N–H and O–H groups in total. The molecule has 6 heteroatoms. The largest absolute Gasteiger partial charge is 0.316 e. The Morgan fingerprint density at radius 1 is 1.33 bits per heavy atom. The van der Waals surface area contributed by atoms with Gasteiger partial charge in [-0.2, -0.15) is 0 Å². The molecule has 1 fully saturated rings. The quantitative estimate of drug-likeness (QED) is 0.832. The normalized spacial score (nSPS) is 23.2. The number of hydrogen-bond donors (Lipinski definition) is 2. The Balaban J connectivity index is 2.20. The highest BCUT2D eigenvalue weighted by molar-refractivity contribution is 9.10. The van der Waals surface area contributed by atoms with E-state index in [1.807, 2.05) is 13.1 Å². The molecule has 2 unspecified atom stereocenters. The number of nitrogens with one attached hydrogen (secondary N) is 2. The Bertz CT molecular complexity index is 589. The van der Waals surface area contributed by atoms with Crippen molar-refractivity contribution in [3.8, 4) is 0 Å². The van der Waals surface area contributed by atoms with Crippen molar-refractivity contribution in [3.05, 3.63) is 28.2 Å². The number of sulfonamides is 1. The molecule has 1 aromatic rings. The fraction of sp³-hybridized carbons (Fsp3) is 0.600. The van der Waals surface area contributed by atoms with E-state index in [-0.39, 0.29) is 6.04 Å². The van der Waals surface area contributed by atoms with Crippen LogP contribution in [0.15, 0.2) is 27.6 Å². The van der Waals surface area contributed by atoms with Crippen LogP contribution in [0.5, 0.6) is 0 Å².